The lowest BCUT2D eigenvalue weighted by Gasteiger charge is -2.02. The van der Waals surface area contributed by atoms with Gasteiger partial charge in [-0.15, -0.1) is 11.8 Å². The number of carbonyl (C=O) groups is 1. The van der Waals surface area contributed by atoms with Crippen LogP contribution in [-0.4, -0.2) is 12.5 Å². The Morgan fingerprint density at radius 2 is 2.06 bits per heavy atom. The number of rotatable bonds is 5. The zero-order valence-electron chi connectivity index (χ0n) is 9.62. The Morgan fingerprint density at radius 1 is 1.31 bits per heavy atom. The molecular weight excluding hydrogens is 198 g/mol. The Labute approximate surface area is 97.1 Å². The van der Waals surface area contributed by atoms with Crippen molar-refractivity contribution in [3.8, 4) is 11.8 Å². The van der Waals surface area contributed by atoms with Gasteiger partial charge in [-0.25, -0.2) is 0 Å². The summed E-state index contributed by atoms with van der Waals surface area (Å²) >= 11 is 0. The van der Waals surface area contributed by atoms with Crippen molar-refractivity contribution in [2.24, 2.45) is 0 Å². The molecule has 0 aliphatic heterocycles. The van der Waals surface area contributed by atoms with E-state index in [4.69, 9.17) is 0 Å². The van der Waals surface area contributed by atoms with E-state index >= 15 is 0 Å². The van der Waals surface area contributed by atoms with E-state index in [0.717, 1.165) is 12.8 Å². The summed E-state index contributed by atoms with van der Waals surface area (Å²) in [5.74, 6) is 5.81. The van der Waals surface area contributed by atoms with Crippen molar-refractivity contribution in [2.75, 3.05) is 6.54 Å². The highest BCUT2D eigenvalue weighted by Crippen LogP contribution is 2.01. The Morgan fingerprint density at radius 3 is 2.75 bits per heavy atom. The second-order valence-corrected chi connectivity index (χ2v) is 3.51. The first-order chi connectivity index (χ1) is 7.83. The first kappa shape index (κ1) is 12.3. The van der Waals surface area contributed by atoms with Gasteiger partial charge in [-0.3, -0.25) is 4.79 Å². The number of hydrogen-bond acceptors (Lipinski definition) is 1. The highest BCUT2D eigenvalue weighted by Gasteiger charge is 2.00. The summed E-state index contributed by atoms with van der Waals surface area (Å²) in [7, 11) is 0. The minimum atomic E-state index is 0.0988. The fourth-order valence-electron chi connectivity index (χ4n) is 1.38. The van der Waals surface area contributed by atoms with Gasteiger partial charge in [-0.1, -0.05) is 30.3 Å². The zero-order valence-corrected chi connectivity index (χ0v) is 9.62. The van der Waals surface area contributed by atoms with Crippen molar-refractivity contribution in [2.45, 2.75) is 26.2 Å². The van der Waals surface area contributed by atoms with Crippen molar-refractivity contribution in [3.63, 3.8) is 0 Å². The third-order valence-electron chi connectivity index (χ3n) is 2.23. The molecule has 0 unspecified atom stereocenters. The van der Waals surface area contributed by atoms with Crippen molar-refractivity contribution >= 4 is 5.91 Å². The predicted octanol–water partition coefficient (Wildman–Crippen LogP) is 2.15. The van der Waals surface area contributed by atoms with Crippen molar-refractivity contribution < 1.29 is 4.79 Å². The molecule has 0 fully saturated rings. The monoisotopic (exact) mass is 215 g/mol. The lowest BCUT2D eigenvalue weighted by molar-refractivity contribution is -0.121. The first-order valence-electron chi connectivity index (χ1n) is 5.53. The summed E-state index contributed by atoms with van der Waals surface area (Å²) in [6.45, 7) is 2.45. The van der Waals surface area contributed by atoms with E-state index in [-0.39, 0.29) is 5.91 Å². The molecule has 0 aromatic heterocycles. The highest BCUT2D eigenvalue weighted by molar-refractivity contribution is 5.76. The average molecular weight is 215 g/mol. The van der Waals surface area contributed by atoms with Crippen LogP contribution in [0.25, 0.3) is 0 Å². The summed E-state index contributed by atoms with van der Waals surface area (Å²) in [5.41, 5.74) is 1.20. The van der Waals surface area contributed by atoms with Crippen LogP contribution < -0.4 is 5.32 Å². The van der Waals surface area contributed by atoms with Crippen LogP contribution in [0.4, 0.5) is 0 Å². The maximum absolute atomic E-state index is 11.4. The fourth-order valence-corrected chi connectivity index (χ4v) is 1.38. The molecule has 84 valence electrons. The Hall–Kier alpha value is -1.75. The fraction of sp³-hybridized carbons (Fsp3) is 0.357. The summed E-state index contributed by atoms with van der Waals surface area (Å²) < 4.78 is 0. The standard InChI is InChI=1S/C14H17NO/c1-2-3-7-12-15-14(16)11-10-13-8-5-4-6-9-13/h4-6,8-9H,7,10-12H2,1H3,(H,15,16). The maximum atomic E-state index is 11.4. The van der Waals surface area contributed by atoms with Gasteiger partial charge in [0.25, 0.3) is 0 Å². The second kappa shape index (κ2) is 7.53. The zero-order chi connectivity index (χ0) is 11.6. The lowest BCUT2D eigenvalue weighted by Crippen LogP contribution is -2.24. The molecule has 0 spiro atoms. The van der Waals surface area contributed by atoms with Crippen molar-refractivity contribution in [3.05, 3.63) is 35.9 Å². The molecule has 0 aliphatic carbocycles. The van der Waals surface area contributed by atoms with Gasteiger partial charge in [0.1, 0.15) is 0 Å². The van der Waals surface area contributed by atoms with Gasteiger partial charge in [0.2, 0.25) is 5.91 Å². The van der Waals surface area contributed by atoms with Crippen LogP contribution in [0.1, 0.15) is 25.3 Å². The van der Waals surface area contributed by atoms with E-state index in [1.807, 2.05) is 30.3 Å². The normalized spacial score (nSPS) is 9.06. The van der Waals surface area contributed by atoms with Gasteiger partial charge in [-0.2, -0.15) is 0 Å². The number of nitrogens with one attached hydrogen (secondary N) is 1. The largest absolute Gasteiger partial charge is 0.355 e. The van der Waals surface area contributed by atoms with Crippen molar-refractivity contribution in [1.82, 2.24) is 5.32 Å². The Kier molecular flexibility index (Phi) is 5.80. The third kappa shape index (κ3) is 5.21. The molecule has 16 heavy (non-hydrogen) atoms. The molecule has 0 aliphatic rings. The minimum absolute atomic E-state index is 0.0988. The summed E-state index contributed by atoms with van der Waals surface area (Å²) in [6, 6.07) is 10.0. The molecule has 1 aromatic carbocycles. The Balaban J connectivity index is 2.17. The molecule has 2 heteroatoms. The first-order valence-corrected chi connectivity index (χ1v) is 5.53. The van der Waals surface area contributed by atoms with Gasteiger partial charge in [0.15, 0.2) is 0 Å². The Bertz CT molecular complexity index is 373. The van der Waals surface area contributed by atoms with Gasteiger partial charge < -0.3 is 5.32 Å². The minimum Gasteiger partial charge on any atom is -0.355 e. The van der Waals surface area contributed by atoms with E-state index in [9.17, 15) is 4.79 Å². The maximum Gasteiger partial charge on any atom is 0.220 e. The van der Waals surface area contributed by atoms with E-state index in [0.29, 0.717) is 13.0 Å². The van der Waals surface area contributed by atoms with Crippen LogP contribution in [0.2, 0.25) is 0 Å². The smallest absolute Gasteiger partial charge is 0.220 e. The van der Waals surface area contributed by atoms with Crippen LogP contribution in [0, 0.1) is 11.8 Å². The molecule has 0 atom stereocenters. The van der Waals surface area contributed by atoms with Crippen molar-refractivity contribution in [1.29, 1.82) is 0 Å². The number of hydrogen-bond donors (Lipinski definition) is 1. The summed E-state index contributed by atoms with van der Waals surface area (Å²) in [5, 5.41) is 2.85. The lowest BCUT2D eigenvalue weighted by atomic mass is 10.1. The second-order valence-electron chi connectivity index (χ2n) is 3.51. The summed E-state index contributed by atoms with van der Waals surface area (Å²) in [4.78, 5) is 11.4. The van der Waals surface area contributed by atoms with E-state index in [1.54, 1.807) is 6.92 Å². The van der Waals surface area contributed by atoms with Crippen LogP contribution in [0.5, 0.6) is 0 Å². The molecule has 0 bridgehead atoms. The summed E-state index contributed by atoms with van der Waals surface area (Å²) in [6.07, 6.45) is 2.07. The number of carbonyl (C=O) groups excluding carboxylic acids is 1. The molecule has 0 radical (unpaired) electrons. The number of aryl methyl sites for hydroxylation is 1. The van der Waals surface area contributed by atoms with Crippen LogP contribution >= 0.6 is 0 Å². The molecule has 1 aromatic rings. The highest BCUT2D eigenvalue weighted by atomic mass is 16.1. The van der Waals surface area contributed by atoms with Gasteiger partial charge in [0.05, 0.1) is 0 Å². The molecule has 0 saturated carbocycles. The molecule has 0 heterocycles. The topological polar surface area (TPSA) is 29.1 Å². The molecule has 2 nitrogen and oxygen atoms in total. The van der Waals surface area contributed by atoms with Gasteiger partial charge in [0, 0.05) is 19.4 Å². The molecule has 0 saturated heterocycles. The van der Waals surface area contributed by atoms with E-state index < -0.39 is 0 Å². The van der Waals surface area contributed by atoms with Crippen LogP contribution in [-0.2, 0) is 11.2 Å². The average Bonchev–Trinajstić information content (AvgIpc) is 2.33. The number of benzene rings is 1. The molecule has 1 rings (SSSR count). The molecule has 1 N–H and O–H groups in total. The van der Waals surface area contributed by atoms with Crippen LogP contribution in [0.3, 0.4) is 0 Å². The van der Waals surface area contributed by atoms with E-state index in [2.05, 4.69) is 17.2 Å². The SMILES string of the molecule is CC#CCCNC(=O)CCc1ccccc1. The third-order valence-corrected chi connectivity index (χ3v) is 2.23. The molecule has 1 amide bonds. The predicted molar refractivity (Wildman–Crippen MR) is 65.8 cm³/mol. The quantitative estimate of drug-likeness (QED) is 0.592. The van der Waals surface area contributed by atoms with E-state index in [1.165, 1.54) is 5.56 Å². The number of amides is 1. The molecular formula is C14H17NO. The van der Waals surface area contributed by atoms with Crippen LogP contribution in [0.15, 0.2) is 30.3 Å². The van der Waals surface area contributed by atoms with Gasteiger partial charge in [-0.05, 0) is 18.9 Å². The van der Waals surface area contributed by atoms with Gasteiger partial charge >= 0.3 is 0 Å².